The van der Waals surface area contributed by atoms with Gasteiger partial charge in [-0.1, -0.05) is 12.1 Å². The zero-order chi connectivity index (χ0) is 13.1. The number of amidine groups is 1. The predicted octanol–water partition coefficient (Wildman–Crippen LogP) is 2.53. The van der Waals surface area contributed by atoms with E-state index in [1.807, 2.05) is 44.2 Å². The average Bonchev–Trinajstić information content (AvgIpc) is 2.28. The summed E-state index contributed by atoms with van der Waals surface area (Å²) in [7, 11) is 0. The van der Waals surface area contributed by atoms with E-state index in [1.165, 1.54) is 11.8 Å². The van der Waals surface area contributed by atoms with Crippen LogP contribution in [0.3, 0.4) is 0 Å². The zero-order valence-electron chi connectivity index (χ0n) is 10.3. The Kier molecular flexibility index (Phi) is 3.62. The van der Waals surface area contributed by atoms with E-state index in [-0.39, 0.29) is 5.84 Å². The minimum atomic E-state index is 0.0780. The first-order chi connectivity index (χ1) is 8.54. The lowest BCUT2D eigenvalue weighted by atomic mass is 10.2. The number of aromatic nitrogens is 2. The predicted molar refractivity (Wildman–Crippen MR) is 73.1 cm³/mol. The molecule has 1 heterocycles. The van der Waals surface area contributed by atoms with E-state index < -0.39 is 0 Å². The number of nitrogens with one attached hydrogen (secondary N) is 1. The lowest BCUT2D eigenvalue weighted by Gasteiger charge is -2.04. The third-order valence-electron chi connectivity index (χ3n) is 2.34. The van der Waals surface area contributed by atoms with Crippen molar-refractivity contribution in [3.8, 4) is 0 Å². The van der Waals surface area contributed by atoms with Gasteiger partial charge in [-0.2, -0.15) is 0 Å². The molecule has 2 aromatic rings. The van der Waals surface area contributed by atoms with Gasteiger partial charge >= 0.3 is 0 Å². The molecule has 0 saturated heterocycles. The topological polar surface area (TPSA) is 75.7 Å². The maximum atomic E-state index is 7.33. The van der Waals surface area contributed by atoms with Crippen LogP contribution in [0.5, 0.6) is 0 Å². The second-order valence-corrected chi connectivity index (χ2v) is 5.01. The summed E-state index contributed by atoms with van der Waals surface area (Å²) in [5.41, 5.74) is 8.06. The Labute approximate surface area is 110 Å². The molecule has 0 saturated carbocycles. The van der Waals surface area contributed by atoms with Crippen LogP contribution in [0, 0.1) is 19.3 Å². The summed E-state index contributed by atoms with van der Waals surface area (Å²) in [4.78, 5) is 9.78. The summed E-state index contributed by atoms with van der Waals surface area (Å²) < 4.78 is 0. The van der Waals surface area contributed by atoms with Gasteiger partial charge in [0, 0.05) is 21.8 Å². The summed E-state index contributed by atoms with van der Waals surface area (Å²) >= 11 is 1.50. The smallest absolute Gasteiger partial charge is 0.192 e. The molecule has 5 heteroatoms. The third-order valence-corrected chi connectivity index (χ3v) is 3.21. The van der Waals surface area contributed by atoms with Crippen molar-refractivity contribution in [2.45, 2.75) is 23.9 Å². The highest BCUT2D eigenvalue weighted by Crippen LogP contribution is 2.25. The van der Waals surface area contributed by atoms with Crippen molar-refractivity contribution in [3.05, 3.63) is 47.3 Å². The van der Waals surface area contributed by atoms with E-state index in [9.17, 15) is 0 Å². The molecule has 0 fully saturated rings. The highest BCUT2D eigenvalue weighted by Gasteiger charge is 2.03. The molecule has 0 aliphatic carbocycles. The van der Waals surface area contributed by atoms with Crippen LogP contribution in [0.4, 0.5) is 0 Å². The van der Waals surface area contributed by atoms with Gasteiger partial charge < -0.3 is 5.73 Å². The minimum Gasteiger partial charge on any atom is -0.384 e. The van der Waals surface area contributed by atoms with Gasteiger partial charge in [0.2, 0.25) is 0 Å². The number of nitrogens with two attached hydrogens (primary N) is 1. The van der Waals surface area contributed by atoms with Crippen LogP contribution < -0.4 is 5.73 Å². The van der Waals surface area contributed by atoms with E-state index in [1.54, 1.807) is 0 Å². The maximum absolute atomic E-state index is 7.33. The molecule has 1 aromatic heterocycles. The second-order valence-electron chi connectivity index (χ2n) is 3.97. The monoisotopic (exact) mass is 258 g/mol. The van der Waals surface area contributed by atoms with Crippen molar-refractivity contribution in [2.24, 2.45) is 5.73 Å². The first kappa shape index (κ1) is 12.6. The third kappa shape index (κ3) is 3.07. The van der Waals surface area contributed by atoms with Crippen molar-refractivity contribution in [3.63, 3.8) is 0 Å². The Bertz CT molecular complexity index is 558. The normalized spacial score (nSPS) is 10.3. The quantitative estimate of drug-likeness (QED) is 0.504. The van der Waals surface area contributed by atoms with Crippen LogP contribution in [0.25, 0.3) is 0 Å². The fourth-order valence-corrected chi connectivity index (χ4v) is 2.41. The van der Waals surface area contributed by atoms with Gasteiger partial charge in [-0.3, -0.25) is 5.41 Å². The number of nitrogen functional groups attached to an aromatic ring is 1. The molecule has 0 radical (unpaired) electrons. The Morgan fingerprint density at radius 2 is 1.67 bits per heavy atom. The molecule has 0 amide bonds. The summed E-state index contributed by atoms with van der Waals surface area (Å²) in [6.45, 7) is 3.91. The van der Waals surface area contributed by atoms with Crippen LogP contribution in [0.2, 0.25) is 0 Å². The molecular weight excluding hydrogens is 244 g/mol. The van der Waals surface area contributed by atoms with Gasteiger partial charge in [-0.25, -0.2) is 9.97 Å². The largest absolute Gasteiger partial charge is 0.384 e. The van der Waals surface area contributed by atoms with Crippen LogP contribution >= 0.6 is 11.8 Å². The number of hydrogen-bond donors (Lipinski definition) is 2. The van der Waals surface area contributed by atoms with Gasteiger partial charge in [0.25, 0.3) is 0 Å². The van der Waals surface area contributed by atoms with Crippen molar-refractivity contribution in [1.29, 1.82) is 5.41 Å². The molecule has 1 aromatic carbocycles. The van der Waals surface area contributed by atoms with Gasteiger partial charge in [0.05, 0.1) is 0 Å². The van der Waals surface area contributed by atoms with Gasteiger partial charge in [0.1, 0.15) is 5.84 Å². The highest BCUT2D eigenvalue weighted by atomic mass is 32.2. The van der Waals surface area contributed by atoms with Crippen molar-refractivity contribution >= 4 is 17.6 Å². The first-order valence-electron chi connectivity index (χ1n) is 5.49. The molecule has 3 N–H and O–H groups in total. The fraction of sp³-hybridized carbons (Fsp3) is 0.154. The first-order valence-corrected chi connectivity index (χ1v) is 6.31. The number of aryl methyl sites for hydroxylation is 2. The lowest BCUT2D eigenvalue weighted by Crippen LogP contribution is -2.10. The number of hydrogen-bond acceptors (Lipinski definition) is 4. The lowest BCUT2D eigenvalue weighted by molar-refractivity contribution is 0.902. The standard InChI is InChI=1S/C13H14N4S/c1-8-7-9(2)17-13(16-8)18-11-5-3-10(4-6-11)12(14)15/h3-7H,1-2H3,(H3,14,15). The Morgan fingerprint density at radius 3 is 2.17 bits per heavy atom. The molecule has 0 bridgehead atoms. The molecule has 0 spiro atoms. The van der Waals surface area contributed by atoms with E-state index >= 15 is 0 Å². The van der Waals surface area contributed by atoms with Gasteiger partial charge in [-0.05, 0) is 43.8 Å². The van der Waals surface area contributed by atoms with Crippen molar-refractivity contribution in [1.82, 2.24) is 9.97 Å². The number of benzene rings is 1. The van der Waals surface area contributed by atoms with Crippen LogP contribution in [-0.2, 0) is 0 Å². The van der Waals surface area contributed by atoms with Gasteiger partial charge in [0.15, 0.2) is 5.16 Å². The fourth-order valence-electron chi connectivity index (χ4n) is 1.55. The molecule has 4 nitrogen and oxygen atoms in total. The second kappa shape index (κ2) is 5.18. The molecule has 0 unspecified atom stereocenters. The maximum Gasteiger partial charge on any atom is 0.192 e. The number of nitrogens with zero attached hydrogens (tertiary/aromatic N) is 2. The van der Waals surface area contributed by atoms with Crippen molar-refractivity contribution in [2.75, 3.05) is 0 Å². The molecule has 92 valence electrons. The van der Waals surface area contributed by atoms with E-state index in [0.29, 0.717) is 0 Å². The van der Waals surface area contributed by atoms with Crippen LogP contribution in [-0.4, -0.2) is 15.8 Å². The Morgan fingerprint density at radius 1 is 1.11 bits per heavy atom. The molecular formula is C13H14N4S. The van der Waals surface area contributed by atoms with Gasteiger partial charge in [-0.15, -0.1) is 0 Å². The summed E-state index contributed by atoms with van der Waals surface area (Å²) in [6.07, 6.45) is 0. The highest BCUT2D eigenvalue weighted by molar-refractivity contribution is 7.99. The zero-order valence-corrected chi connectivity index (χ0v) is 11.1. The molecule has 18 heavy (non-hydrogen) atoms. The number of rotatable bonds is 3. The molecule has 0 aliphatic heterocycles. The van der Waals surface area contributed by atoms with E-state index in [2.05, 4.69) is 9.97 Å². The summed E-state index contributed by atoms with van der Waals surface area (Å²) in [5.74, 6) is 0.0780. The Hall–Kier alpha value is -1.88. The SMILES string of the molecule is Cc1cc(C)nc(Sc2ccc(C(=N)N)cc2)n1. The van der Waals surface area contributed by atoms with Crippen LogP contribution in [0.15, 0.2) is 40.4 Å². The van der Waals surface area contributed by atoms with E-state index in [0.717, 1.165) is 27.0 Å². The minimum absolute atomic E-state index is 0.0780. The molecule has 0 atom stereocenters. The molecule has 2 rings (SSSR count). The molecule has 0 aliphatic rings. The average molecular weight is 258 g/mol. The summed E-state index contributed by atoms with van der Waals surface area (Å²) in [5, 5.41) is 8.07. The van der Waals surface area contributed by atoms with Crippen LogP contribution in [0.1, 0.15) is 17.0 Å². The Balaban J connectivity index is 2.20. The summed E-state index contributed by atoms with van der Waals surface area (Å²) in [6, 6.07) is 9.44. The van der Waals surface area contributed by atoms with Crippen molar-refractivity contribution < 1.29 is 0 Å². The van der Waals surface area contributed by atoms with E-state index in [4.69, 9.17) is 11.1 Å².